The first-order valence-electron chi connectivity index (χ1n) is 10.3. The average Bonchev–Trinajstić information content (AvgIpc) is 3.41. The summed E-state index contributed by atoms with van der Waals surface area (Å²) in [6.45, 7) is 2.11. The smallest absolute Gasteiger partial charge is 0.417 e. The molecule has 4 rings (SSSR count). The first-order chi connectivity index (χ1) is 16.5. The minimum absolute atomic E-state index is 0.178. The molecule has 2 aromatic heterocycles. The van der Waals surface area contributed by atoms with Crippen molar-refractivity contribution in [2.45, 2.75) is 31.5 Å². The third kappa shape index (κ3) is 4.91. The Labute approximate surface area is 196 Å². The van der Waals surface area contributed by atoms with E-state index in [0.29, 0.717) is 5.52 Å². The summed E-state index contributed by atoms with van der Waals surface area (Å²) in [6.07, 6.45) is -1.51. The van der Waals surface area contributed by atoms with E-state index in [1.165, 1.54) is 32.6 Å². The maximum Gasteiger partial charge on any atom is 0.417 e. The summed E-state index contributed by atoms with van der Waals surface area (Å²) in [5.41, 5.74) is 1.58. The van der Waals surface area contributed by atoms with Gasteiger partial charge in [0.25, 0.3) is 5.91 Å². The monoisotopic (exact) mass is 502 g/mol. The summed E-state index contributed by atoms with van der Waals surface area (Å²) in [5.74, 6) is -4.80. The number of hydrogen-bond donors (Lipinski definition) is 2. The quantitative estimate of drug-likeness (QED) is 0.408. The molecule has 3 heterocycles. The van der Waals surface area contributed by atoms with Gasteiger partial charge in [0.05, 0.1) is 32.7 Å². The van der Waals surface area contributed by atoms with Crippen LogP contribution in [-0.4, -0.2) is 53.5 Å². The normalized spacial score (nSPS) is 22.0. The molecular weight excluding hydrogens is 479 g/mol. The molecule has 2 N–H and O–H groups in total. The van der Waals surface area contributed by atoms with E-state index >= 15 is 0 Å². The number of nitrogens with one attached hydrogen (secondary N) is 2. The van der Waals surface area contributed by atoms with E-state index in [4.69, 9.17) is 9.47 Å². The van der Waals surface area contributed by atoms with Gasteiger partial charge in [0.1, 0.15) is 5.52 Å². The van der Waals surface area contributed by atoms with Gasteiger partial charge in [-0.15, -0.1) is 0 Å². The summed E-state index contributed by atoms with van der Waals surface area (Å²) in [7, 11) is 2.51. The van der Waals surface area contributed by atoms with E-state index in [1.807, 2.05) is 0 Å². The highest BCUT2D eigenvalue weighted by Crippen LogP contribution is 2.51. The molecule has 0 radical (unpaired) electrons. The van der Waals surface area contributed by atoms with E-state index < -0.39 is 41.2 Å². The highest BCUT2D eigenvalue weighted by Gasteiger charge is 2.61. The second kappa shape index (κ2) is 10.1. The molecule has 1 aliphatic heterocycles. The van der Waals surface area contributed by atoms with Gasteiger partial charge in [-0.1, -0.05) is 13.0 Å². The number of methoxy groups -OCH3 is 1. The number of carbonyl (C=O) groups is 1. The lowest BCUT2D eigenvalue weighted by atomic mass is 9.79. The first-order valence-corrected chi connectivity index (χ1v) is 10.3. The van der Waals surface area contributed by atoms with Crippen LogP contribution in [0.2, 0.25) is 0 Å². The van der Waals surface area contributed by atoms with Crippen molar-refractivity contribution in [2.24, 2.45) is 5.92 Å². The second-order valence-electron chi connectivity index (χ2n) is 7.89. The summed E-state index contributed by atoms with van der Waals surface area (Å²) in [6, 6.07) is 3.86. The SMILES string of the molecule is CONC(=O)c1nccc2[nH]cnc12.COc1c(C2CO[C@@](C)(C(F)(F)F)C2C)ccc(F)c1F. The number of rotatable bonds is 4. The number of alkyl halides is 3. The van der Waals surface area contributed by atoms with Gasteiger partial charge in [-0.25, -0.2) is 19.8 Å². The molecule has 13 heteroatoms. The molecule has 190 valence electrons. The van der Waals surface area contributed by atoms with Gasteiger partial charge < -0.3 is 14.5 Å². The number of carbonyl (C=O) groups excluding carboxylic acids is 1. The summed E-state index contributed by atoms with van der Waals surface area (Å²) >= 11 is 0. The molecule has 1 aromatic carbocycles. The highest BCUT2D eigenvalue weighted by molar-refractivity contribution is 6.02. The van der Waals surface area contributed by atoms with E-state index in [9.17, 15) is 26.7 Å². The van der Waals surface area contributed by atoms with E-state index in [-0.39, 0.29) is 23.6 Å². The number of hydrogen-bond acceptors (Lipinski definition) is 6. The van der Waals surface area contributed by atoms with Crippen molar-refractivity contribution in [3.05, 3.63) is 53.6 Å². The molecule has 8 nitrogen and oxygen atoms in total. The molecule has 1 aliphatic rings. The first kappa shape index (κ1) is 26.3. The van der Waals surface area contributed by atoms with Crippen molar-refractivity contribution in [3.63, 3.8) is 0 Å². The fourth-order valence-corrected chi connectivity index (χ4v) is 3.84. The molecule has 35 heavy (non-hydrogen) atoms. The molecule has 0 aliphatic carbocycles. The van der Waals surface area contributed by atoms with Crippen LogP contribution in [0.25, 0.3) is 11.0 Å². The lowest BCUT2D eigenvalue weighted by Crippen LogP contribution is -2.46. The van der Waals surface area contributed by atoms with Crippen LogP contribution in [0, 0.1) is 17.6 Å². The van der Waals surface area contributed by atoms with Crippen LogP contribution in [0.1, 0.15) is 35.8 Å². The molecule has 0 bridgehead atoms. The molecule has 1 amide bonds. The third-order valence-corrected chi connectivity index (χ3v) is 6.03. The average molecular weight is 502 g/mol. The van der Waals surface area contributed by atoms with Crippen LogP contribution < -0.4 is 10.2 Å². The summed E-state index contributed by atoms with van der Waals surface area (Å²) in [5, 5.41) is 0. The molecule has 0 saturated carbocycles. The molecule has 3 aromatic rings. The fourth-order valence-electron chi connectivity index (χ4n) is 3.84. The Kier molecular flexibility index (Phi) is 7.60. The number of ether oxygens (including phenoxy) is 2. The molecular formula is C22H23F5N4O4. The predicted octanol–water partition coefficient (Wildman–Crippen LogP) is 4.29. The number of imidazole rings is 1. The molecule has 3 atom stereocenters. The van der Waals surface area contributed by atoms with Crippen LogP contribution in [0.4, 0.5) is 22.0 Å². The fraction of sp³-hybridized carbons (Fsp3) is 0.409. The van der Waals surface area contributed by atoms with Crippen molar-refractivity contribution in [3.8, 4) is 5.75 Å². The number of hydroxylamine groups is 1. The minimum atomic E-state index is -4.55. The van der Waals surface area contributed by atoms with Gasteiger partial charge in [-0.2, -0.15) is 17.6 Å². The molecule has 1 fully saturated rings. The topological polar surface area (TPSA) is 98.4 Å². The zero-order chi connectivity index (χ0) is 26.0. The highest BCUT2D eigenvalue weighted by atomic mass is 19.4. The maximum absolute atomic E-state index is 13.7. The van der Waals surface area contributed by atoms with Gasteiger partial charge in [-0.05, 0) is 19.1 Å². The van der Waals surface area contributed by atoms with Crippen molar-refractivity contribution in [1.29, 1.82) is 0 Å². The van der Waals surface area contributed by atoms with Crippen LogP contribution in [0.15, 0.2) is 30.7 Å². The van der Waals surface area contributed by atoms with E-state index in [2.05, 4.69) is 25.3 Å². The second-order valence-corrected chi connectivity index (χ2v) is 7.89. The number of halogens is 5. The maximum atomic E-state index is 13.7. The molecule has 1 saturated heterocycles. The number of aromatic nitrogens is 3. The molecule has 2 unspecified atom stereocenters. The van der Waals surface area contributed by atoms with Crippen LogP contribution in [0.5, 0.6) is 5.75 Å². The summed E-state index contributed by atoms with van der Waals surface area (Å²) in [4.78, 5) is 26.7. The minimum Gasteiger partial charge on any atom is -0.493 e. The van der Waals surface area contributed by atoms with Crippen molar-refractivity contribution in [2.75, 3.05) is 20.8 Å². The summed E-state index contributed by atoms with van der Waals surface area (Å²) < 4.78 is 76.0. The number of benzene rings is 1. The number of nitrogens with zero attached hydrogens (tertiary/aromatic N) is 2. The zero-order valence-electron chi connectivity index (χ0n) is 19.2. The van der Waals surface area contributed by atoms with Crippen molar-refractivity contribution in [1.82, 2.24) is 20.4 Å². The lowest BCUT2D eigenvalue weighted by molar-refractivity contribution is -0.266. The lowest BCUT2D eigenvalue weighted by Gasteiger charge is -2.32. The third-order valence-electron chi connectivity index (χ3n) is 6.03. The van der Waals surface area contributed by atoms with Gasteiger partial charge in [-0.3, -0.25) is 9.63 Å². The Bertz CT molecular complexity index is 1200. The van der Waals surface area contributed by atoms with Crippen LogP contribution in [-0.2, 0) is 9.57 Å². The zero-order valence-corrected chi connectivity index (χ0v) is 19.2. The van der Waals surface area contributed by atoms with Gasteiger partial charge >= 0.3 is 6.18 Å². The van der Waals surface area contributed by atoms with Gasteiger partial charge in [0.15, 0.2) is 22.9 Å². The Morgan fingerprint density at radius 2 is 1.94 bits per heavy atom. The number of aromatic amines is 1. The van der Waals surface area contributed by atoms with E-state index in [1.54, 1.807) is 6.07 Å². The molecule has 0 spiro atoms. The van der Waals surface area contributed by atoms with Gasteiger partial charge in [0, 0.05) is 23.6 Å². The Balaban J connectivity index is 0.000000211. The van der Waals surface area contributed by atoms with Crippen LogP contribution >= 0.6 is 0 Å². The van der Waals surface area contributed by atoms with Crippen LogP contribution in [0.3, 0.4) is 0 Å². The van der Waals surface area contributed by atoms with Crippen molar-refractivity contribution >= 4 is 16.9 Å². The van der Waals surface area contributed by atoms with E-state index in [0.717, 1.165) is 25.6 Å². The Morgan fingerprint density at radius 1 is 1.23 bits per heavy atom. The standard InChI is InChI=1S/C14H15F5O2.C8H8N4O2/c1-7-9(6-21-13(7,2)14(17,18)19)8-4-5-10(15)11(16)12(8)20-3;1-14-12-8(13)7-6-5(2-3-9-7)10-4-11-6/h4-5,7,9H,6H2,1-3H3;2-4H,1H3,(H,10,11)(H,12,13)/t7?,9?,13-;/m1./s1. The number of amides is 1. The Hall–Kier alpha value is -3.32. The van der Waals surface area contributed by atoms with Gasteiger partial charge in [0.2, 0.25) is 5.82 Å². The predicted molar refractivity (Wildman–Crippen MR) is 114 cm³/mol. The number of H-pyrrole nitrogens is 1. The Morgan fingerprint density at radius 3 is 2.54 bits per heavy atom. The number of pyridine rings is 1. The number of fused-ring (bicyclic) bond motifs is 1. The van der Waals surface area contributed by atoms with Crippen molar-refractivity contribution < 1.29 is 41.1 Å². The largest absolute Gasteiger partial charge is 0.493 e.